The van der Waals surface area contributed by atoms with Gasteiger partial charge in [-0.2, -0.15) is 0 Å². The Balaban J connectivity index is 1.59. The Labute approximate surface area is 144 Å². The fraction of sp³-hybridized carbons (Fsp3) is 0.111. The Morgan fingerprint density at radius 2 is 1.96 bits per heavy atom. The molecular formula is C18H15ClN2OS. The van der Waals surface area contributed by atoms with E-state index in [-0.39, 0.29) is 5.91 Å². The average molecular weight is 343 g/mol. The summed E-state index contributed by atoms with van der Waals surface area (Å²) in [4.78, 5) is 18.0. The summed E-state index contributed by atoms with van der Waals surface area (Å²) in [5.41, 5.74) is 2.18. The van der Waals surface area contributed by atoms with Gasteiger partial charge in [0.1, 0.15) is 0 Å². The molecule has 3 nitrogen and oxygen atoms in total. The standard InChI is InChI=1S/C18H15ClN2OS/c19-15-5-3-14(4-6-15)16-7-8-17(23-16)18(22)21-11-9-13-2-1-10-20-12-13/h1-8,10,12H,9,11H2,(H,21,22). The quantitative estimate of drug-likeness (QED) is 0.745. The van der Waals surface area contributed by atoms with E-state index in [4.69, 9.17) is 11.6 Å². The monoisotopic (exact) mass is 342 g/mol. The maximum absolute atomic E-state index is 12.2. The number of hydrogen-bond acceptors (Lipinski definition) is 3. The van der Waals surface area contributed by atoms with E-state index >= 15 is 0 Å². The molecule has 0 spiro atoms. The van der Waals surface area contributed by atoms with Gasteiger partial charge in [-0.05, 0) is 47.9 Å². The molecule has 1 amide bonds. The molecule has 0 saturated heterocycles. The van der Waals surface area contributed by atoms with Crippen molar-refractivity contribution in [3.05, 3.63) is 76.4 Å². The lowest BCUT2D eigenvalue weighted by Gasteiger charge is -2.03. The molecule has 0 radical (unpaired) electrons. The van der Waals surface area contributed by atoms with Crippen molar-refractivity contribution in [3.8, 4) is 10.4 Å². The van der Waals surface area contributed by atoms with Crippen LogP contribution in [0.2, 0.25) is 5.02 Å². The molecule has 0 aliphatic carbocycles. The van der Waals surface area contributed by atoms with Crippen LogP contribution in [-0.2, 0) is 6.42 Å². The molecule has 0 atom stereocenters. The summed E-state index contributed by atoms with van der Waals surface area (Å²) < 4.78 is 0. The van der Waals surface area contributed by atoms with E-state index in [1.54, 1.807) is 6.20 Å². The minimum absolute atomic E-state index is 0.0425. The Morgan fingerprint density at radius 1 is 1.13 bits per heavy atom. The summed E-state index contributed by atoms with van der Waals surface area (Å²) >= 11 is 7.38. The van der Waals surface area contributed by atoms with Crippen LogP contribution in [0.4, 0.5) is 0 Å². The topological polar surface area (TPSA) is 42.0 Å². The van der Waals surface area contributed by atoms with Gasteiger partial charge in [0.2, 0.25) is 0 Å². The van der Waals surface area contributed by atoms with Crippen molar-refractivity contribution in [1.82, 2.24) is 10.3 Å². The van der Waals surface area contributed by atoms with E-state index in [1.165, 1.54) is 11.3 Å². The zero-order valence-electron chi connectivity index (χ0n) is 12.3. The molecule has 2 heterocycles. The summed E-state index contributed by atoms with van der Waals surface area (Å²) in [6, 6.07) is 15.3. The normalized spacial score (nSPS) is 10.5. The van der Waals surface area contributed by atoms with Crippen molar-refractivity contribution in [2.45, 2.75) is 6.42 Å². The van der Waals surface area contributed by atoms with E-state index in [1.807, 2.05) is 54.7 Å². The number of aromatic nitrogens is 1. The van der Waals surface area contributed by atoms with E-state index in [0.29, 0.717) is 16.4 Å². The average Bonchev–Trinajstić information content (AvgIpc) is 3.06. The number of nitrogens with zero attached hydrogens (tertiary/aromatic N) is 1. The minimum Gasteiger partial charge on any atom is -0.351 e. The second kappa shape index (κ2) is 7.40. The van der Waals surface area contributed by atoms with Crippen LogP contribution in [-0.4, -0.2) is 17.4 Å². The fourth-order valence-corrected chi connectivity index (χ4v) is 3.24. The molecule has 0 fully saturated rings. The first-order valence-electron chi connectivity index (χ1n) is 7.25. The van der Waals surface area contributed by atoms with E-state index < -0.39 is 0 Å². The van der Waals surface area contributed by atoms with Crippen LogP contribution in [0.3, 0.4) is 0 Å². The highest BCUT2D eigenvalue weighted by Crippen LogP contribution is 2.28. The lowest BCUT2D eigenvalue weighted by molar-refractivity contribution is 0.0958. The summed E-state index contributed by atoms with van der Waals surface area (Å²) in [7, 11) is 0. The maximum atomic E-state index is 12.2. The number of benzene rings is 1. The summed E-state index contributed by atoms with van der Waals surface area (Å²) in [6.07, 6.45) is 4.33. The van der Waals surface area contributed by atoms with Crippen LogP contribution in [0.1, 0.15) is 15.2 Å². The van der Waals surface area contributed by atoms with E-state index in [0.717, 1.165) is 22.4 Å². The van der Waals surface area contributed by atoms with Gasteiger partial charge < -0.3 is 5.32 Å². The molecule has 0 unspecified atom stereocenters. The van der Waals surface area contributed by atoms with Gasteiger partial charge in [-0.3, -0.25) is 9.78 Å². The van der Waals surface area contributed by atoms with Crippen molar-refractivity contribution in [1.29, 1.82) is 0 Å². The number of halogens is 1. The zero-order chi connectivity index (χ0) is 16.1. The Hall–Kier alpha value is -2.17. The second-order valence-electron chi connectivity index (χ2n) is 5.04. The highest BCUT2D eigenvalue weighted by molar-refractivity contribution is 7.17. The van der Waals surface area contributed by atoms with Crippen molar-refractivity contribution in [2.24, 2.45) is 0 Å². The molecule has 0 saturated carbocycles. The van der Waals surface area contributed by atoms with Gasteiger partial charge >= 0.3 is 0 Å². The van der Waals surface area contributed by atoms with Gasteiger partial charge in [0.05, 0.1) is 4.88 Å². The van der Waals surface area contributed by atoms with Crippen LogP contribution >= 0.6 is 22.9 Å². The predicted octanol–water partition coefficient (Wildman–Crippen LogP) is 4.44. The molecule has 2 aromatic heterocycles. The summed E-state index contributed by atoms with van der Waals surface area (Å²) in [5.74, 6) is -0.0425. The summed E-state index contributed by atoms with van der Waals surface area (Å²) in [6.45, 7) is 0.596. The van der Waals surface area contributed by atoms with Gasteiger partial charge in [-0.1, -0.05) is 29.8 Å². The molecule has 116 valence electrons. The number of nitrogens with one attached hydrogen (secondary N) is 1. The third kappa shape index (κ3) is 4.18. The Kier molecular flexibility index (Phi) is 5.05. The number of rotatable bonds is 5. The van der Waals surface area contributed by atoms with Crippen molar-refractivity contribution in [2.75, 3.05) is 6.54 Å². The van der Waals surface area contributed by atoms with Crippen LogP contribution in [0.15, 0.2) is 60.9 Å². The van der Waals surface area contributed by atoms with Crippen LogP contribution in [0, 0.1) is 0 Å². The molecule has 23 heavy (non-hydrogen) atoms. The second-order valence-corrected chi connectivity index (χ2v) is 6.56. The molecule has 3 rings (SSSR count). The molecule has 0 bridgehead atoms. The van der Waals surface area contributed by atoms with Crippen LogP contribution in [0.5, 0.6) is 0 Å². The number of carbonyl (C=O) groups is 1. The first-order valence-corrected chi connectivity index (χ1v) is 8.45. The van der Waals surface area contributed by atoms with Gasteiger partial charge in [0, 0.05) is 28.8 Å². The third-order valence-electron chi connectivity index (χ3n) is 3.38. The highest BCUT2D eigenvalue weighted by Gasteiger charge is 2.10. The van der Waals surface area contributed by atoms with E-state index in [2.05, 4.69) is 10.3 Å². The minimum atomic E-state index is -0.0425. The van der Waals surface area contributed by atoms with Crippen molar-refractivity contribution >= 4 is 28.8 Å². The number of amides is 1. The van der Waals surface area contributed by atoms with Crippen molar-refractivity contribution < 1.29 is 4.79 Å². The molecule has 1 N–H and O–H groups in total. The fourth-order valence-electron chi connectivity index (χ4n) is 2.18. The number of hydrogen-bond donors (Lipinski definition) is 1. The molecular weight excluding hydrogens is 328 g/mol. The molecule has 0 aliphatic heterocycles. The molecule has 1 aromatic carbocycles. The number of pyridine rings is 1. The lowest BCUT2D eigenvalue weighted by Crippen LogP contribution is -2.24. The van der Waals surface area contributed by atoms with Gasteiger partial charge in [-0.15, -0.1) is 11.3 Å². The third-order valence-corrected chi connectivity index (χ3v) is 4.77. The van der Waals surface area contributed by atoms with Crippen LogP contribution < -0.4 is 5.32 Å². The molecule has 0 aliphatic rings. The smallest absolute Gasteiger partial charge is 0.261 e. The first kappa shape index (κ1) is 15.7. The van der Waals surface area contributed by atoms with Crippen LogP contribution in [0.25, 0.3) is 10.4 Å². The van der Waals surface area contributed by atoms with Gasteiger partial charge in [0.15, 0.2) is 0 Å². The molecule has 3 aromatic rings. The first-order chi connectivity index (χ1) is 11.2. The Morgan fingerprint density at radius 3 is 2.70 bits per heavy atom. The number of carbonyl (C=O) groups excluding carboxylic acids is 1. The maximum Gasteiger partial charge on any atom is 0.261 e. The SMILES string of the molecule is O=C(NCCc1cccnc1)c1ccc(-c2ccc(Cl)cc2)s1. The Bertz CT molecular complexity index is 784. The van der Waals surface area contributed by atoms with Gasteiger partial charge in [0.25, 0.3) is 5.91 Å². The largest absolute Gasteiger partial charge is 0.351 e. The van der Waals surface area contributed by atoms with Gasteiger partial charge in [-0.25, -0.2) is 0 Å². The summed E-state index contributed by atoms with van der Waals surface area (Å²) in [5, 5.41) is 3.65. The zero-order valence-corrected chi connectivity index (χ0v) is 13.9. The molecule has 5 heteroatoms. The van der Waals surface area contributed by atoms with Crippen molar-refractivity contribution in [3.63, 3.8) is 0 Å². The number of thiophene rings is 1. The predicted molar refractivity (Wildman–Crippen MR) is 95.0 cm³/mol. The van der Waals surface area contributed by atoms with E-state index in [9.17, 15) is 4.79 Å². The highest BCUT2D eigenvalue weighted by atomic mass is 35.5. The lowest BCUT2D eigenvalue weighted by atomic mass is 10.2.